The molecule has 20 heavy (non-hydrogen) atoms. The smallest absolute Gasteiger partial charge is 0.144 e. The summed E-state index contributed by atoms with van der Waals surface area (Å²) in [5.74, 6) is 1.85. The molecule has 0 bridgehead atoms. The van der Waals surface area contributed by atoms with Crippen LogP contribution in [0.4, 0.5) is 0 Å². The summed E-state index contributed by atoms with van der Waals surface area (Å²) in [4.78, 5) is 12.1. The number of fused-ring (bicyclic) bond motifs is 6. The average molecular weight is 270 g/mol. The minimum atomic E-state index is -0.0209. The zero-order valence-electron chi connectivity index (χ0n) is 12.0. The molecule has 4 rings (SSSR count). The summed E-state index contributed by atoms with van der Waals surface area (Å²) in [5.41, 5.74) is 4.81. The molecule has 0 aliphatic heterocycles. The molecule has 1 aromatic carbocycles. The Kier molecular flexibility index (Phi) is 2.20. The van der Waals surface area contributed by atoms with Gasteiger partial charge in [0.05, 0.1) is 5.92 Å². The molecule has 2 unspecified atom stereocenters. The van der Waals surface area contributed by atoms with Gasteiger partial charge in [0.1, 0.15) is 22.9 Å². The Balaban J connectivity index is 2.07. The lowest BCUT2D eigenvalue weighted by molar-refractivity contribution is -0.123. The molecular formula is C17H18O3. The molecule has 1 N–H and O–H groups in total. The third-order valence-corrected chi connectivity index (χ3v) is 5.30. The number of ketones is 1. The maximum atomic E-state index is 12.1. The fourth-order valence-corrected chi connectivity index (χ4v) is 4.03. The number of aromatic hydroxyl groups is 1. The number of furan rings is 1. The molecular weight excluding hydrogens is 252 g/mol. The van der Waals surface area contributed by atoms with E-state index in [1.165, 1.54) is 5.56 Å². The van der Waals surface area contributed by atoms with Gasteiger partial charge in [-0.3, -0.25) is 4.79 Å². The van der Waals surface area contributed by atoms with Crippen LogP contribution in [0.2, 0.25) is 0 Å². The predicted molar refractivity (Wildman–Crippen MR) is 76.4 cm³/mol. The first-order valence-electron chi connectivity index (χ1n) is 7.30. The molecule has 1 heterocycles. The van der Waals surface area contributed by atoms with Crippen LogP contribution in [0.15, 0.2) is 4.42 Å². The fraction of sp³-hybridized carbons (Fsp3) is 0.471. The lowest BCUT2D eigenvalue weighted by Gasteiger charge is -2.37. The van der Waals surface area contributed by atoms with Gasteiger partial charge in [-0.1, -0.05) is 0 Å². The van der Waals surface area contributed by atoms with E-state index in [0.29, 0.717) is 23.9 Å². The van der Waals surface area contributed by atoms with Crippen molar-refractivity contribution in [3.8, 4) is 5.75 Å². The van der Waals surface area contributed by atoms with Gasteiger partial charge in [-0.15, -0.1) is 0 Å². The summed E-state index contributed by atoms with van der Waals surface area (Å²) < 4.78 is 6.04. The van der Waals surface area contributed by atoms with E-state index >= 15 is 0 Å². The van der Waals surface area contributed by atoms with E-state index in [1.807, 2.05) is 20.8 Å². The lowest BCUT2D eigenvalue weighted by atomic mass is 9.63. The van der Waals surface area contributed by atoms with Crippen LogP contribution >= 0.6 is 0 Å². The number of hydrogen-bond acceptors (Lipinski definition) is 3. The SMILES string of the molecule is Cc1c(O)c(C)c2c3c(oc2c1C)C1C(=O)CCCC31. The molecule has 104 valence electrons. The Labute approximate surface area is 117 Å². The minimum absolute atomic E-state index is 0.0209. The first-order chi connectivity index (χ1) is 9.52. The van der Waals surface area contributed by atoms with Crippen molar-refractivity contribution >= 4 is 16.8 Å². The number of phenolic OH excluding ortho intramolecular Hbond substituents is 1. The Morgan fingerprint density at radius 2 is 1.90 bits per heavy atom. The van der Waals surface area contributed by atoms with Gasteiger partial charge < -0.3 is 9.52 Å². The Bertz CT molecular complexity index is 767. The number of rotatable bonds is 0. The number of Topliss-reactive ketones (excluding diaryl/α,β-unsaturated/α-hetero) is 1. The van der Waals surface area contributed by atoms with Crippen LogP contribution in [-0.2, 0) is 4.79 Å². The molecule has 1 saturated carbocycles. The summed E-state index contributed by atoms with van der Waals surface area (Å²) in [7, 11) is 0. The van der Waals surface area contributed by atoms with E-state index in [-0.39, 0.29) is 5.92 Å². The summed E-state index contributed by atoms with van der Waals surface area (Å²) in [6.45, 7) is 5.83. The first kappa shape index (κ1) is 12.0. The quantitative estimate of drug-likeness (QED) is 0.787. The summed E-state index contributed by atoms with van der Waals surface area (Å²) in [5, 5.41) is 11.3. The van der Waals surface area contributed by atoms with Crippen LogP contribution in [0.25, 0.3) is 11.0 Å². The van der Waals surface area contributed by atoms with Crippen molar-refractivity contribution in [2.45, 2.75) is 51.9 Å². The second kappa shape index (κ2) is 3.66. The first-order valence-corrected chi connectivity index (χ1v) is 7.30. The predicted octanol–water partition coefficient (Wildman–Crippen LogP) is 4.00. The molecule has 2 aliphatic carbocycles. The van der Waals surface area contributed by atoms with Gasteiger partial charge in [0, 0.05) is 28.9 Å². The van der Waals surface area contributed by atoms with Gasteiger partial charge in [0.2, 0.25) is 0 Å². The molecule has 3 nitrogen and oxygen atoms in total. The lowest BCUT2D eigenvalue weighted by Crippen LogP contribution is -2.33. The largest absolute Gasteiger partial charge is 0.507 e. The molecule has 2 aliphatic rings. The highest BCUT2D eigenvalue weighted by atomic mass is 16.3. The fourth-order valence-electron chi connectivity index (χ4n) is 4.03. The van der Waals surface area contributed by atoms with Gasteiger partial charge >= 0.3 is 0 Å². The highest BCUT2D eigenvalue weighted by molar-refractivity contribution is 5.99. The van der Waals surface area contributed by atoms with Crippen LogP contribution in [-0.4, -0.2) is 10.9 Å². The highest BCUT2D eigenvalue weighted by Gasteiger charge is 2.49. The Morgan fingerprint density at radius 3 is 2.65 bits per heavy atom. The van der Waals surface area contributed by atoms with Crippen molar-refractivity contribution in [3.05, 3.63) is 28.0 Å². The topological polar surface area (TPSA) is 50.4 Å². The number of hydrogen-bond donors (Lipinski definition) is 1. The monoisotopic (exact) mass is 270 g/mol. The molecule has 0 radical (unpaired) electrons. The van der Waals surface area contributed by atoms with Crippen LogP contribution in [0.3, 0.4) is 0 Å². The van der Waals surface area contributed by atoms with Crippen LogP contribution in [0.5, 0.6) is 5.75 Å². The van der Waals surface area contributed by atoms with Gasteiger partial charge in [-0.25, -0.2) is 0 Å². The molecule has 2 atom stereocenters. The van der Waals surface area contributed by atoms with Crippen LogP contribution in [0, 0.1) is 20.8 Å². The second-order valence-corrected chi connectivity index (χ2v) is 6.25. The third kappa shape index (κ3) is 1.19. The zero-order valence-corrected chi connectivity index (χ0v) is 12.0. The summed E-state index contributed by atoms with van der Waals surface area (Å²) >= 11 is 0. The van der Waals surface area contributed by atoms with Crippen molar-refractivity contribution in [1.29, 1.82) is 0 Å². The van der Waals surface area contributed by atoms with Crippen molar-refractivity contribution in [2.24, 2.45) is 0 Å². The van der Waals surface area contributed by atoms with E-state index in [1.54, 1.807) is 0 Å². The second-order valence-electron chi connectivity index (χ2n) is 6.25. The van der Waals surface area contributed by atoms with Gasteiger partial charge in [0.25, 0.3) is 0 Å². The maximum absolute atomic E-state index is 12.1. The average Bonchev–Trinajstić information content (AvgIpc) is 2.75. The van der Waals surface area contributed by atoms with Gasteiger partial charge in [-0.05, 0) is 44.7 Å². The molecule has 0 amide bonds. The van der Waals surface area contributed by atoms with E-state index in [0.717, 1.165) is 46.3 Å². The van der Waals surface area contributed by atoms with Crippen molar-refractivity contribution in [2.75, 3.05) is 0 Å². The van der Waals surface area contributed by atoms with Gasteiger partial charge in [0.15, 0.2) is 0 Å². The number of carbonyl (C=O) groups is 1. The highest BCUT2D eigenvalue weighted by Crippen LogP contribution is 2.58. The molecule has 1 fully saturated rings. The summed E-state index contributed by atoms with van der Waals surface area (Å²) in [6.07, 6.45) is 2.72. The minimum Gasteiger partial charge on any atom is -0.507 e. The number of phenols is 1. The zero-order chi connectivity index (χ0) is 14.2. The van der Waals surface area contributed by atoms with Crippen molar-refractivity contribution in [1.82, 2.24) is 0 Å². The molecule has 3 heteroatoms. The Morgan fingerprint density at radius 1 is 1.15 bits per heavy atom. The standard InChI is InChI=1S/C17H18O3/c1-7-8(2)16-12(9(3)15(7)19)14-10-5-4-6-11(18)13(10)17(14)20-16/h10,13,19H,4-6H2,1-3H3. The molecule has 0 saturated heterocycles. The molecule has 2 aromatic rings. The van der Waals surface area contributed by atoms with E-state index in [4.69, 9.17) is 4.42 Å². The third-order valence-electron chi connectivity index (χ3n) is 5.30. The molecule has 0 spiro atoms. The molecule has 1 aromatic heterocycles. The van der Waals surface area contributed by atoms with Crippen LogP contribution < -0.4 is 0 Å². The number of benzene rings is 1. The number of aryl methyl sites for hydroxylation is 2. The maximum Gasteiger partial charge on any atom is 0.144 e. The summed E-state index contributed by atoms with van der Waals surface area (Å²) in [6, 6.07) is 0. The normalized spacial score (nSPS) is 24.4. The van der Waals surface area contributed by atoms with Gasteiger partial charge in [-0.2, -0.15) is 0 Å². The van der Waals surface area contributed by atoms with Crippen LogP contribution in [0.1, 0.15) is 59.1 Å². The number of carbonyl (C=O) groups excluding carboxylic acids is 1. The van der Waals surface area contributed by atoms with Crippen molar-refractivity contribution in [3.63, 3.8) is 0 Å². The van der Waals surface area contributed by atoms with Crippen molar-refractivity contribution < 1.29 is 14.3 Å². The van der Waals surface area contributed by atoms with E-state index in [9.17, 15) is 9.90 Å². The van der Waals surface area contributed by atoms with E-state index < -0.39 is 0 Å². The Hall–Kier alpha value is -1.77. The van der Waals surface area contributed by atoms with E-state index in [2.05, 4.69) is 0 Å².